The zero-order valence-electron chi connectivity index (χ0n) is 17.8. The Morgan fingerprint density at radius 1 is 1.16 bits per heavy atom. The Morgan fingerprint density at radius 3 is 2.66 bits per heavy atom. The molecule has 0 fully saturated rings. The van der Waals surface area contributed by atoms with Crippen LogP contribution in [0.4, 0.5) is 10.1 Å². The van der Waals surface area contributed by atoms with Crippen molar-refractivity contribution in [2.24, 2.45) is 0 Å². The molecule has 6 nitrogen and oxygen atoms in total. The fourth-order valence-corrected chi connectivity index (χ4v) is 3.65. The minimum absolute atomic E-state index is 0.162. The first-order chi connectivity index (χ1) is 15.4. The highest BCUT2D eigenvalue weighted by molar-refractivity contribution is 6.06. The summed E-state index contributed by atoms with van der Waals surface area (Å²) in [4.78, 5) is 27.3. The van der Waals surface area contributed by atoms with Crippen LogP contribution in [0.5, 0.6) is 11.5 Å². The predicted molar refractivity (Wildman–Crippen MR) is 118 cm³/mol. The van der Waals surface area contributed by atoms with Crippen LogP contribution in [0.3, 0.4) is 0 Å². The van der Waals surface area contributed by atoms with Crippen molar-refractivity contribution in [3.05, 3.63) is 89.2 Å². The summed E-state index contributed by atoms with van der Waals surface area (Å²) < 4.78 is 24.4. The number of amides is 2. The molecule has 1 heterocycles. The number of ether oxygens (including phenoxy) is 2. The molecule has 1 aliphatic rings. The molecule has 32 heavy (non-hydrogen) atoms. The highest BCUT2D eigenvalue weighted by Crippen LogP contribution is 2.30. The molecule has 0 saturated carbocycles. The number of benzene rings is 3. The van der Waals surface area contributed by atoms with Crippen molar-refractivity contribution in [2.45, 2.75) is 26.1 Å². The van der Waals surface area contributed by atoms with Gasteiger partial charge in [-0.15, -0.1) is 0 Å². The lowest BCUT2D eigenvalue weighted by Gasteiger charge is -2.22. The molecule has 1 aliphatic heterocycles. The van der Waals surface area contributed by atoms with Crippen LogP contribution in [0, 0.1) is 5.82 Å². The number of hydrogen-bond donors (Lipinski definition) is 1. The Labute approximate surface area is 185 Å². The molecular weight excluding hydrogens is 411 g/mol. The van der Waals surface area contributed by atoms with E-state index in [1.54, 1.807) is 66.4 Å². The van der Waals surface area contributed by atoms with E-state index in [0.29, 0.717) is 35.8 Å². The van der Waals surface area contributed by atoms with E-state index in [1.807, 2.05) is 0 Å². The molecule has 164 valence electrons. The summed E-state index contributed by atoms with van der Waals surface area (Å²) >= 11 is 0. The lowest BCUT2D eigenvalue weighted by Crippen LogP contribution is -2.37. The van der Waals surface area contributed by atoms with E-state index >= 15 is 0 Å². The Bertz CT molecular complexity index is 1150. The molecule has 7 heteroatoms. The molecule has 0 radical (unpaired) electrons. The Hall–Kier alpha value is -3.87. The topological polar surface area (TPSA) is 67.9 Å². The SMILES string of the molecule is COc1ccccc1C(=O)Nc1ccc2c(c1)CN(Cc1ccc(F)cc1)C(=O)C(C)O2. The van der Waals surface area contributed by atoms with Crippen LogP contribution in [0.25, 0.3) is 0 Å². The number of anilines is 1. The van der Waals surface area contributed by atoms with E-state index < -0.39 is 6.10 Å². The van der Waals surface area contributed by atoms with Gasteiger partial charge in [0.05, 0.1) is 12.7 Å². The van der Waals surface area contributed by atoms with Gasteiger partial charge in [-0.1, -0.05) is 24.3 Å². The average molecular weight is 434 g/mol. The molecule has 1 atom stereocenters. The number of halogens is 1. The summed E-state index contributed by atoms with van der Waals surface area (Å²) in [5.74, 6) is 0.277. The summed E-state index contributed by atoms with van der Waals surface area (Å²) in [6, 6.07) is 18.3. The van der Waals surface area contributed by atoms with Gasteiger partial charge >= 0.3 is 0 Å². The smallest absolute Gasteiger partial charge is 0.263 e. The lowest BCUT2D eigenvalue weighted by molar-refractivity contribution is -0.138. The van der Waals surface area contributed by atoms with Crippen LogP contribution >= 0.6 is 0 Å². The standard InChI is InChI=1S/C25H23FN2O4/c1-16-25(30)28(14-17-7-9-19(26)10-8-17)15-18-13-20(11-12-22(18)32-16)27-24(29)21-5-3-4-6-23(21)31-2/h3-13,16H,14-15H2,1-2H3,(H,27,29). The van der Waals surface area contributed by atoms with Crippen LogP contribution in [0.15, 0.2) is 66.7 Å². The van der Waals surface area contributed by atoms with Gasteiger partial charge in [0.25, 0.3) is 11.8 Å². The van der Waals surface area contributed by atoms with Gasteiger partial charge in [0.15, 0.2) is 6.10 Å². The quantitative estimate of drug-likeness (QED) is 0.647. The number of carbonyl (C=O) groups excluding carboxylic acids is 2. The van der Waals surface area contributed by atoms with Crippen LogP contribution < -0.4 is 14.8 Å². The van der Waals surface area contributed by atoms with Crippen LogP contribution in [0.2, 0.25) is 0 Å². The molecule has 0 aromatic heterocycles. The van der Waals surface area contributed by atoms with Gasteiger partial charge < -0.3 is 19.7 Å². The Balaban J connectivity index is 1.57. The van der Waals surface area contributed by atoms with E-state index in [0.717, 1.165) is 11.1 Å². The summed E-state index contributed by atoms with van der Waals surface area (Å²) in [5.41, 5.74) is 2.58. The monoisotopic (exact) mass is 434 g/mol. The van der Waals surface area contributed by atoms with Crippen LogP contribution in [0.1, 0.15) is 28.4 Å². The molecule has 0 aliphatic carbocycles. The fourth-order valence-electron chi connectivity index (χ4n) is 3.65. The minimum atomic E-state index is -0.661. The van der Waals surface area contributed by atoms with Gasteiger partial charge in [0.2, 0.25) is 0 Å². The first kappa shape index (κ1) is 21.4. The van der Waals surface area contributed by atoms with E-state index in [2.05, 4.69) is 5.32 Å². The number of para-hydroxylation sites is 1. The Kier molecular flexibility index (Phi) is 6.07. The summed E-state index contributed by atoms with van der Waals surface area (Å²) in [6.07, 6.45) is -0.661. The van der Waals surface area contributed by atoms with Crippen molar-refractivity contribution in [2.75, 3.05) is 12.4 Å². The predicted octanol–water partition coefficient (Wildman–Crippen LogP) is 4.40. The van der Waals surface area contributed by atoms with Gasteiger partial charge in [-0.25, -0.2) is 4.39 Å². The van der Waals surface area contributed by atoms with Crippen LogP contribution in [-0.4, -0.2) is 29.9 Å². The van der Waals surface area contributed by atoms with E-state index in [4.69, 9.17) is 9.47 Å². The largest absolute Gasteiger partial charge is 0.496 e. The van der Waals surface area contributed by atoms with Crippen molar-refractivity contribution in [3.8, 4) is 11.5 Å². The van der Waals surface area contributed by atoms with Gasteiger partial charge in [-0.3, -0.25) is 9.59 Å². The van der Waals surface area contributed by atoms with Crippen LogP contribution in [-0.2, 0) is 17.9 Å². The van der Waals surface area contributed by atoms with E-state index in [-0.39, 0.29) is 17.6 Å². The van der Waals surface area contributed by atoms with Crippen molar-refractivity contribution in [1.29, 1.82) is 0 Å². The number of nitrogens with one attached hydrogen (secondary N) is 1. The second-order valence-corrected chi connectivity index (χ2v) is 7.56. The average Bonchev–Trinajstić information content (AvgIpc) is 2.91. The zero-order chi connectivity index (χ0) is 22.7. The molecule has 1 unspecified atom stereocenters. The maximum atomic E-state index is 13.2. The van der Waals surface area contributed by atoms with Gasteiger partial charge in [0, 0.05) is 24.3 Å². The second kappa shape index (κ2) is 9.09. The first-order valence-corrected chi connectivity index (χ1v) is 10.2. The number of rotatable bonds is 5. The van der Waals surface area contributed by atoms with Crippen molar-refractivity contribution in [1.82, 2.24) is 4.90 Å². The maximum absolute atomic E-state index is 13.2. The highest BCUT2D eigenvalue weighted by atomic mass is 19.1. The summed E-state index contributed by atoms with van der Waals surface area (Å²) in [6.45, 7) is 2.32. The minimum Gasteiger partial charge on any atom is -0.496 e. The zero-order valence-corrected chi connectivity index (χ0v) is 17.8. The second-order valence-electron chi connectivity index (χ2n) is 7.56. The van der Waals surface area contributed by atoms with Crippen molar-refractivity contribution in [3.63, 3.8) is 0 Å². The summed E-state index contributed by atoms with van der Waals surface area (Å²) in [5, 5.41) is 2.88. The van der Waals surface area contributed by atoms with E-state index in [1.165, 1.54) is 19.2 Å². The molecule has 0 spiro atoms. The first-order valence-electron chi connectivity index (χ1n) is 10.2. The third-order valence-corrected chi connectivity index (χ3v) is 5.28. The van der Waals surface area contributed by atoms with Gasteiger partial charge in [-0.2, -0.15) is 0 Å². The third-order valence-electron chi connectivity index (χ3n) is 5.28. The number of hydrogen-bond acceptors (Lipinski definition) is 4. The molecule has 3 aromatic carbocycles. The molecule has 3 aromatic rings. The Morgan fingerprint density at radius 2 is 1.91 bits per heavy atom. The molecule has 2 amide bonds. The number of methoxy groups -OCH3 is 1. The molecule has 0 saturated heterocycles. The molecule has 1 N–H and O–H groups in total. The maximum Gasteiger partial charge on any atom is 0.263 e. The number of carbonyl (C=O) groups is 2. The van der Waals surface area contributed by atoms with Crippen molar-refractivity contribution >= 4 is 17.5 Å². The number of nitrogens with zero attached hydrogens (tertiary/aromatic N) is 1. The van der Waals surface area contributed by atoms with Crippen molar-refractivity contribution < 1.29 is 23.5 Å². The van der Waals surface area contributed by atoms with Gasteiger partial charge in [-0.05, 0) is 55.0 Å². The highest BCUT2D eigenvalue weighted by Gasteiger charge is 2.28. The normalized spacial score (nSPS) is 15.4. The van der Waals surface area contributed by atoms with Gasteiger partial charge in [0.1, 0.15) is 17.3 Å². The molecular formula is C25H23FN2O4. The fraction of sp³-hybridized carbons (Fsp3) is 0.200. The molecule has 4 rings (SSSR count). The summed E-state index contributed by atoms with van der Waals surface area (Å²) in [7, 11) is 1.51. The third kappa shape index (κ3) is 4.56. The molecule has 0 bridgehead atoms. The lowest BCUT2D eigenvalue weighted by atomic mass is 10.1. The number of fused-ring (bicyclic) bond motifs is 1. The van der Waals surface area contributed by atoms with E-state index in [9.17, 15) is 14.0 Å².